The van der Waals surface area contributed by atoms with Gasteiger partial charge in [-0.25, -0.2) is 0 Å². The Morgan fingerprint density at radius 2 is 0.886 bits per heavy atom. The van der Waals surface area contributed by atoms with Gasteiger partial charge in [0.05, 0.1) is 0 Å². The van der Waals surface area contributed by atoms with Gasteiger partial charge >= 0.3 is 0 Å². The smallest absolute Gasteiger partial charge is 0.229 e. The molecule has 2 aromatic carbocycles. The lowest BCUT2D eigenvalue weighted by Crippen LogP contribution is -2.13. The van der Waals surface area contributed by atoms with Crippen molar-refractivity contribution in [2.75, 3.05) is 22.5 Å². The summed E-state index contributed by atoms with van der Waals surface area (Å²) in [5.41, 5.74) is 2.37. The van der Waals surface area contributed by atoms with Crippen LogP contribution in [0.3, 0.4) is 0 Å². The van der Waals surface area contributed by atoms with Crippen molar-refractivity contribution in [2.45, 2.75) is 84.2 Å². The van der Waals surface area contributed by atoms with Crippen molar-refractivity contribution in [3.63, 3.8) is 0 Å². The predicted molar refractivity (Wildman–Crippen MR) is 148 cm³/mol. The maximum absolute atomic E-state index is 4.60. The van der Waals surface area contributed by atoms with E-state index in [1.54, 1.807) is 0 Å². The third-order valence-electron chi connectivity index (χ3n) is 6.04. The Hall–Kier alpha value is -3.15. The van der Waals surface area contributed by atoms with Crippen molar-refractivity contribution in [2.24, 2.45) is 0 Å². The molecule has 0 aliphatic carbocycles. The molecule has 0 atom stereocenters. The minimum Gasteiger partial charge on any atom is -0.354 e. The highest BCUT2D eigenvalue weighted by Crippen LogP contribution is 2.14. The van der Waals surface area contributed by atoms with Gasteiger partial charge in [0.15, 0.2) is 0 Å². The molecule has 0 saturated heterocycles. The van der Waals surface area contributed by atoms with Crippen molar-refractivity contribution >= 4 is 17.8 Å². The molecule has 0 unspecified atom stereocenters. The molecule has 0 bridgehead atoms. The van der Waals surface area contributed by atoms with Crippen molar-refractivity contribution in [1.82, 2.24) is 15.0 Å². The average Bonchev–Trinajstić information content (AvgIpc) is 2.90. The first-order chi connectivity index (χ1) is 17.3. The molecule has 0 spiro atoms. The fourth-order valence-electron chi connectivity index (χ4n) is 3.98. The van der Waals surface area contributed by atoms with Gasteiger partial charge < -0.3 is 16.0 Å². The Morgan fingerprint density at radius 3 is 1.34 bits per heavy atom. The molecule has 1 heterocycles. The molecule has 3 N–H and O–H groups in total. The number of aromatic nitrogens is 3. The SMILES string of the molecule is CCCCCCCCCCCCNc1nc(NCc2ccccc2)nc(NCc2ccccc2)n1. The summed E-state index contributed by atoms with van der Waals surface area (Å²) < 4.78 is 0. The van der Waals surface area contributed by atoms with Crippen LogP contribution in [0.4, 0.5) is 17.8 Å². The van der Waals surface area contributed by atoms with Crippen LogP contribution >= 0.6 is 0 Å². The van der Waals surface area contributed by atoms with Gasteiger partial charge in [0, 0.05) is 19.6 Å². The van der Waals surface area contributed by atoms with Crippen LogP contribution in [0.15, 0.2) is 60.7 Å². The number of nitrogens with zero attached hydrogens (tertiary/aromatic N) is 3. The second-order valence-electron chi connectivity index (χ2n) is 9.09. The molecule has 0 radical (unpaired) electrons. The van der Waals surface area contributed by atoms with E-state index in [2.05, 4.69) is 62.1 Å². The summed E-state index contributed by atoms with van der Waals surface area (Å²) in [7, 11) is 0. The number of nitrogens with one attached hydrogen (secondary N) is 3. The second-order valence-corrected chi connectivity index (χ2v) is 9.09. The molecule has 35 heavy (non-hydrogen) atoms. The maximum Gasteiger partial charge on any atom is 0.229 e. The Labute approximate surface area is 211 Å². The Bertz CT molecular complexity index is 871. The maximum atomic E-state index is 4.60. The largest absolute Gasteiger partial charge is 0.354 e. The summed E-state index contributed by atoms with van der Waals surface area (Å²) >= 11 is 0. The summed E-state index contributed by atoms with van der Waals surface area (Å²) in [6.07, 6.45) is 13.3. The predicted octanol–water partition coefficient (Wildman–Crippen LogP) is 7.43. The molecule has 1 aromatic heterocycles. The molecule has 0 aliphatic heterocycles. The zero-order valence-electron chi connectivity index (χ0n) is 21.3. The number of benzene rings is 2. The van der Waals surface area contributed by atoms with E-state index in [4.69, 9.17) is 0 Å². The van der Waals surface area contributed by atoms with Crippen molar-refractivity contribution < 1.29 is 0 Å². The van der Waals surface area contributed by atoms with Crippen LogP contribution in [-0.2, 0) is 13.1 Å². The van der Waals surface area contributed by atoms with E-state index < -0.39 is 0 Å². The summed E-state index contributed by atoms with van der Waals surface area (Å²) in [4.78, 5) is 13.8. The minimum absolute atomic E-state index is 0.574. The van der Waals surface area contributed by atoms with Gasteiger partial charge in [-0.15, -0.1) is 0 Å². The van der Waals surface area contributed by atoms with Gasteiger partial charge in [0.25, 0.3) is 0 Å². The van der Waals surface area contributed by atoms with Crippen LogP contribution in [0.5, 0.6) is 0 Å². The highest BCUT2D eigenvalue weighted by Gasteiger charge is 2.07. The molecule has 0 saturated carbocycles. The van der Waals surface area contributed by atoms with Crippen LogP contribution in [-0.4, -0.2) is 21.5 Å². The third-order valence-corrected chi connectivity index (χ3v) is 6.04. The van der Waals surface area contributed by atoms with E-state index in [0.717, 1.165) is 13.0 Å². The Kier molecular flexibility index (Phi) is 12.5. The van der Waals surface area contributed by atoms with Gasteiger partial charge in [-0.05, 0) is 17.5 Å². The summed E-state index contributed by atoms with van der Waals surface area (Å²) in [5, 5.41) is 10.1. The molecule has 0 aliphatic rings. The lowest BCUT2D eigenvalue weighted by molar-refractivity contribution is 0.559. The molecule has 6 heteroatoms. The van der Waals surface area contributed by atoms with Gasteiger partial charge in [0.2, 0.25) is 17.8 Å². The molecular weight excluding hydrogens is 432 g/mol. The van der Waals surface area contributed by atoms with E-state index in [0.29, 0.717) is 30.9 Å². The first-order valence-corrected chi connectivity index (χ1v) is 13.4. The van der Waals surface area contributed by atoms with Gasteiger partial charge in [0.1, 0.15) is 0 Å². The number of hydrogen-bond donors (Lipinski definition) is 3. The van der Waals surface area contributed by atoms with E-state index >= 15 is 0 Å². The van der Waals surface area contributed by atoms with E-state index in [1.807, 2.05) is 36.4 Å². The average molecular weight is 475 g/mol. The third kappa shape index (κ3) is 11.2. The lowest BCUT2D eigenvalue weighted by Gasteiger charge is -2.12. The fourth-order valence-corrected chi connectivity index (χ4v) is 3.98. The molecular formula is C29H42N6. The van der Waals surface area contributed by atoms with E-state index in [-0.39, 0.29) is 0 Å². The summed E-state index contributed by atoms with van der Waals surface area (Å²) in [6.45, 7) is 4.48. The Morgan fingerprint density at radius 1 is 0.486 bits per heavy atom. The molecule has 6 nitrogen and oxygen atoms in total. The van der Waals surface area contributed by atoms with Crippen molar-refractivity contribution in [3.8, 4) is 0 Å². The normalized spacial score (nSPS) is 10.8. The van der Waals surface area contributed by atoms with E-state index in [1.165, 1.54) is 68.9 Å². The standard InChI is InChI=1S/C29H42N6/c1-2-3-4-5-6-7-8-9-10-17-22-30-27-33-28(31-23-25-18-13-11-14-19-25)35-29(34-27)32-24-26-20-15-12-16-21-26/h11-16,18-21H,2-10,17,22-24H2,1H3,(H3,30,31,32,33,34,35). The monoisotopic (exact) mass is 474 g/mol. The number of unbranched alkanes of at least 4 members (excludes halogenated alkanes) is 9. The van der Waals surface area contributed by atoms with Crippen LogP contribution < -0.4 is 16.0 Å². The highest BCUT2D eigenvalue weighted by atomic mass is 15.3. The minimum atomic E-state index is 0.574. The van der Waals surface area contributed by atoms with Gasteiger partial charge in [-0.1, -0.05) is 125 Å². The second kappa shape index (κ2) is 16.5. The number of rotatable bonds is 18. The Balaban J connectivity index is 1.45. The van der Waals surface area contributed by atoms with Gasteiger partial charge in [-0.3, -0.25) is 0 Å². The first kappa shape index (κ1) is 26.5. The van der Waals surface area contributed by atoms with Crippen molar-refractivity contribution in [1.29, 1.82) is 0 Å². The zero-order chi connectivity index (χ0) is 24.4. The van der Waals surface area contributed by atoms with Crippen LogP contribution in [0.1, 0.15) is 82.3 Å². The van der Waals surface area contributed by atoms with Crippen LogP contribution in [0, 0.1) is 0 Å². The lowest BCUT2D eigenvalue weighted by atomic mass is 10.1. The number of hydrogen-bond acceptors (Lipinski definition) is 6. The number of anilines is 3. The van der Waals surface area contributed by atoms with Crippen LogP contribution in [0.25, 0.3) is 0 Å². The summed E-state index contributed by atoms with van der Waals surface area (Å²) in [5.74, 6) is 1.76. The topological polar surface area (TPSA) is 74.8 Å². The van der Waals surface area contributed by atoms with Crippen LogP contribution in [0.2, 0.25) is 0 Å². The first-order valence-electron chi connectivity index (χ1n) is 13.4. The van der Waals surface area contributed by atoms with Gasteiger partial charge in [-0.2, -0.15) is 15.0 Å². The zero-order valence-corrected chi connectivity index (χ0v) is 21.3. The van der Waals surface area contributed by atoms with Crippen molar-refractivity contribution in [3.05, 3.63) is 71.8 Å². The molecule has 0 amide bonds. The molecule has 3 aromatic rings. The summed E-state index contributed by atoms with van der Waals surface area (Å²) in [6, 6.07) is 20.6. The highest BCUT2D eigenvalue weighted by molar-refractivity contribution is 5.43. The molecule has 188 valence electrons. The quantitative estimate of drug-likeness (QED) is 0.166. The van der Waals surface area contributed by atoms with E-state index in [9.17, 15) is 0 Å². The molecule has 3 rings (SSSR count). The fraction of sp³-hybridized carbons (Fsp3) is 0.483. The molecule has 0 fully saturated rings.